The first kappa shape index (κ1) is 14.7. The summed E-state index contributed by atoms with van der Waals surface area (Å²) in [6, 6.07) is 7.13. The maximum Gasteiger partial charge on any atom is 0.267 e. The lowest BCUT2D eigenvalue weighted by atomic mass is 10.2. The smallest absolute Gasteiger partial charge is 0.267 e. The first-order valence-electron chi connectivity index (χ1n) is 6.38. The van der Waals surface area contributed by atoms with E-state index in [2.05, 4.69) is 10.3 Å². The van der Waals surface area contributed by atoms with Crippen LogP contribution in [0.15, 0.2) is 24.3 Å². The molecule has 2 rings (SSSR count). The number of aliphatic hydroxyl groups excluding tert-OH is 1. The lowest BCUT2D eigenvalue weighted by Gasteiger charge is -2.20. The van der Waals surface area contributed by atoms with Crippen molar-refractivity contribution >= 4 is 34.3 Å². The average molecular weight is 293 g/mol. The van der Waals surface area contributed by atoms with Crippen LogP contribution in [0.1, 0.15) is 17.4 Å². The van der Waals surface area contributed by atoms with Crippen LogP contribution in [0.5, 0.6) is 0 Å². The molecule has 20 heavy (non-hydrogen) atoms. The van der Waals surface area contributed by atoms with Gasteiger partial charge in [-0.15, -0.1) is 0 Å². The van der Waals surface area contributed by atoms with Gasteiger partial charge in [0, 0.05) is 27.9 Å². The molecule has 0 saturated heterocycles. The van der Waals surface area contributed by atoms with Crippen molar-refractivity contribution in [3.05, 3.63) is 30.0 Å². The molecule has 5 nitrogen and oxygen atoms in total. The van der Waals surface area contributed by atoms with Crippen molar-refractivity contribution in [3.63, 3.8) is 0 Å². The van der Waals surface area contributed by atoms with Gasteiger partial charge in [-0.05, 0) is 37.4 Å². The van der Waals surface area contributed by atoms with Crippen molar-refractivity contribution in [2.24, 2.45) is 0 Å². The number of nitrogens with one attached hydrogen (secondary N) is 2. The molecule has 6 heteroatoms. The van der Waals surface area contributed by atoms with Crippen molar-refractivity contribution in [1.82, 2.24) is 10.3 Å². The first-order chi connectivity index (χ1) is 9.55. The van der Waals surface area contributed by atoms with Gasteiger partial charge >= 0.3 is 0 Å². The Balaban J connectivity index is 2.15. The summed E-state index contributed by atoms with van der Waals surface area (Å²) in [4.78, 5) is 15.2. The fourth-order valence-corrected chi connectivity index (χ4v) is 2.71. The molecule has 2 atom stereocenters. The molecule has 1 aromatic heterocycles. The molecule has 108 valence electrons. The zero-order valence-electron chi connectivity index (χ0n) is 11.5. The number of benzene rings is 1. The second kappa shape index (κ2) is 6.19. The molecule has 1 aromatic carbocycles. The van der Waals surface area contributed by atoms with E-state index in [4.69, 9.17) is 5.73 Å². The third-order valence-electron chi connectivity index (χ3n) is 3.29. The van der Waals surface area contributed by atoms with Crippen molar-refractivity contribution in [3.8, 4) is 0 Å². The third-order valence-corrected chi connectivity index (χ3v) is 4.45. The van der Waals surface area contributed by atoms with Gasteiger partial charge in [0.25, 0.3) is 5.91 Å². The van der Waals surface area contributed by atoms with E-state index in [-0.39, 0.29) is 23.8 Å². The summed E-state index contributed by atoms with van der Waals surface area (Å²) < 4.78 is 0. The number of thioether (sulfide) groups is 1. The molecule has 1 amide bonds. The molecule has 0 bridgehead atoms. The first-order valence-corrected chi connectivity index (χ1v) is 7.66. The quantitative estimate of drug-likeness (QED) is 0.630. The van der Waals surface area contributed by atoms with Crippen LogP contribution in [0.2, 0.25) is 0 Å². The van der Waals surface area contributed by atoms with Crippen LogP contribution in [0, 0.1) is 0 Å². The fourth-order valence-electron chi connectivity index (χ4n) is 2.09. The second-order valence-corrected chi connectivity index (χ2v) is 5.83. The largest absolute Gasteiger partial charge is 0.399 e. The molecule has 0 aliphatic rings. The van der Waals surface area contributed by atoms with Gasteiger partial charge in [0.1, 0.15) is 5.69 Å². The normalized spacial score (nSPS) is 14.2. The number of aliphatic hydroxyl groups is 1. The molecule has 0 spiro atoms. The molecule has 0 aliphatic carbocycles. The number of aromatic nitrogens is 1. The minimum atomic E-state index is -0.181. The SMILES string of the molecule is CSC(CO)C(C)NC(=O)c1cc2cc(N)ccc2[nH]1. The number of nitrogens with two attached hydrogens (primary N) is 1. The minimum Gasteiger partial charge on any atom is -0.399 e. The minimum absolute atomic E-state index is 0.0148. The average Bonchev–Trinajstić information content (AvgIpc) is 2.83. The number of anilines is 1. The number of nitrogen functional groups attached to an aromatic ring is 1. The molecular formula is C14H19N3O2S. The van der Waals surface area contributed by atoms with Gasteiger partial charge in [-0.2, -0.15) is 11.8 Å². The molecule has 0 aliphatic heterocycles. The van der Waals surface area contributed by atoms with Crippen molar-refractivity contribution < 1.29 is 9.90 Å². The van der Waals surface area contributed by atoms with Gasteiger partial charge < -0.3 is 21.1 Å². The molecule has 0 fully saturated rings. The summed E-state index contributed by atoms with van der Waals surface area (Å²) in [6.07, 6.45) is 1.91. The highest BCUT2D eigenvalue weighted by Crippen LogP contribution is 2.19. The van der Waals surface area contributed by atoms with Crippen LogP contribution >= 0.6 is 11.8 Å². The summed E-state index contributed by atoms with van der Waals surface area (Å²) >= 11 is 1.53. The van der Waals surface area contributed by atoms with E-state index in [9.17, 15) is 9.90 Å². The lowest BCUT2D eigenvalue weighted by Crippen LogP contribution is -2.41. The number of aromatic amines is 1. The number of hydrogen-bond donors (Lipinski definition) is 4. The van der Waals surface area contributed by atoms with E-state index < -0.39 is 0 Å². The van der Waals surface area contributed by atoms with Gasteiger partial charge in [-0.3, -0.25) is 4.79 Å². The van der Waals surface area contributed by atoms with Gasteiger partial charge in [-0.1, -0.05) is 0 Å². The van der Waals surface area contributed by atoms with Crippen molar-refractivity contribution in [2.75, 3.05) is 18.6 Å². The number of carbonyl (C=O) groups is 1. The van der Waals surface area contributed by atoms with E-state index in [1.807, 2.05) is 25.3 Å². The summed E-state index contributed by atoms with van der Waals surface area (Å²) in [7, 11) is 0. The number of H-pyrrole nitrogens is 1. The van der Waals surface area contributed by atoms with Gasteiger partial charge in [0.15, 0.2) is 0 Å². The Kier molecular flexibility index (Phi) is 4.57. The van der Waals surface area contributed by atoms with Crippen LogP contribution in [0.4, 0.5) is 5.69 Å². The maximum absolute atomic E-state index is 12.2. The highest BCUT2D eigenvalue weighted by atomic mass is 32.2. The van der Waals surface area contributed by atoms with Gasteiger partial charge in [0.2, 0.25) is 0 Å². The Bertz CT molecular complexity index is 607. The molecule has 2 aromatic rings. The standard InChI is InChI=1S/C14H19N3O2S/c1-8(13(7-18)20-2)16-14(19)12-6-9-5-10(15)3-4-11(9)17-12/h3-6,8,13,17-18H,7,15H2,1-2H3,(H,16,19). The molecule has 5 N–H and O–H groups in total. The number of carbonyl (C=O) groups excluding carboxylic acids is 1. The van der Waals surface area contributed by atoms with Crippen LogP contribution < -0.4 is 11.1 Å². The zero-order chi connectivity index (χ0) is 14.7. The predicted molar refractivity (Wildman–Crippen MR) is 84.0 cm³/mol. The van der Waals surface area contributed by atoms with E-state index in [0.29, 0.717) is 11.4 Å². The lowest BCUT2D eigenvalue weighted by molar-refractivity contribution is 0.0931. The van der Waals surface area contributed by atoms with E-state index >= 15 is 0 Å². The van der Waals surface area contributed by atoms with Crippen LogP contribution in [0.3, 0.4) is 0 Å². The Morgan fingerprint density at radius 2 is 2.25 bits per heavy atom. The molecule has 0 saturated carbocycles. The van der Waals surface area contributed by atoms with Crippen LogP contribution in [-0.4, -0.2) is 40.2 Å². The van der Waals surface area contributed by atoms with E-state index in [0.717, 1.165) is 10.9 Å². The molecule has 2 unspecified atom stereocenters. The Labute approximate surface area is 121 Å². The highest BCUT2D eigenvalue weighted by Gasteiger charge is 2.19. The summed E-state index contributed by atoms with van der Waals surface area (Å²) in [5, 5.41) is 13.0. The Hall–Kier alpha value is -1.66. The van der Waals surface area contributed by atoms with E-state index in [1.54, 1.807) is 12.1 Å². The van der Waals surface area contributed by atoms with Crippen LogP contribution in [0.25, 0.3) is 10.9 Å². The monoisotopic (exact) mass is 293 g/mol. The topological polar surface area (TPSA) is 91.1 Å². The van der Waals surface area contributed by atoms with Gasteiger partial charge in [0.05, 0.1) is 6.61 Å². The number of hydrogen-bond acceptors (Lipinski definition) is 4. The summed E-state index contributed by atoms with van der Waals surface area (Å²) in [5.41, 5.74) is 7.76. The third kappa shape index (κ3) is 3.08. The molecular weight excluding hydrogens is 274 g/mol. The Morgan fingerprint density at radius 1 is 1.50 bits per heavy atom. The summed E-state index contributed by atoms with van der Waals surface area (Å²) in [5.74, 6) is -0.181. The maximum atomic E-state index is 12.2. The summed E-state index contributed by atoms with van der Waals surface area (Å²) in [6.45, 7) is 1.92. The number of fused-ring (bicyclic) bond motifs is 1. The highest BCUT2D eigenvalue weighted by molar-refractivity contribution is 7.99. The number of rotatable bonds is 5. The van der Waals surface area contributed by atoms with Crippen molar-refractivity contribution in [1.29, 1.82) is 0 Å². The zero-order valence-corrected chi connectivity index (χ0v) is 12.3. The van der Waals surface area contributed by atoms with E-state index in [1.165, 1.54) is 11.8 Å². The fraction of sp³-hybridized carbons (Fsp3) is 0.357. The predicted octanol–water partition coefficient (Wildman–Crippen LogP) is 1.59. The van der Waals surface area contributed by atoms with Gasteiger partial charge in [-0.25, -0.2) is 0 Å². The molecule has 1 heterocycles. The Morgan fingerprint density at radius 3 is 2.90 bits per heavy atom. The second-order valence-electron chi connectivity index (χ2n) is 4.75. The number of amides is 1. The molecule has 0 radical (unpaired) electrons. The van der Waals surface area contributed by atoms with Crippen LogP contribution in [-0.2, 0) is 0 Å². The van der Waals surface area contributed by atoms with Crippen molar-refractivity contribution in [2.45, 2.75) is 18.2 Å².